The molecule has 0 radical (unpaired) electrons. The van der Waals surface area contributed by atoms with Crippen LogP contribution in [0.4, 0.5) is 9.18 Å². The van der Waals surface area contributed by atoms with Crippen molar-refractivity contribution in [3.8, 4) is 5.88 Å². The van der Waals surface area contributed by atoms with Gasteiger partial charge in [-0.3, -0.25) is 4.98 Å². The normalized spacial score (nSPS) is 17.4. The Morgan fingerprint density at radius 2 is 2.17 bits per heavy atom. The van der Waals surface area contributed by atoms with E-state index in [0.717, 1.165) is 18.4 Å². The van der Waals surface area contributed by atoms with Crippen LogP contribution >= 0.6 is 0 Å². The Bertz CT molecular complexity index is 666. The van der Waals surface area contributed by atoms with Gasteiger partial charge in [0.2, 0.25) is 5.88 Å². The van der Waals surface area contributed by atoms with Crippen molar-refractivity contribution >= 4 is 6.03 Å². The van der Waals surface area contributed by atoms with Crippen LogP contribution < -0.4 is 10.1 Å². The fourth-order valence-electron chi connectivity index (χ4n) is 2.63. The summed E-state index contributed by atoms with van der Waals surface area (Å²) in [7, 11) is 0. The average molecular weight is 330 g/mol. The number of ether oxygens (including phenoxy) is 1. The fraction of sp³-hybridized carbons (Fsp3) is 0.353. The lowest BCUT2D eigenvalue weighted by Gasteiger charge is -2.32. The molecule has 1 aliphatic rings. The average Bonchev–Trinajstić information content (AvgIpc) is 2.62. The molecule has 0 aliphatic carbocycles. The summed E-state index contributed by atoms with van der Waals surface area (Å²) in [6.45, 7) is 1.56. The maximum Gasteiger partial charge on any atom is 0.317 e. The van der Waals surface area contributed by atoms with Gasteiger partial charge in [-0.2, -0.15) is 0 Å². The second kappa shape index (κ2) is 7.72. The Morgan fingerprint density at radius 3 is 2.92 bits per heavy atom. The molecule has 3 rings (SSSR count). The van der Waals surface area contributed by atoms with Crippen LogP contribution in [0.25, 0.3) is 0 Å². The summed E-state index contributed by atoms with van der Waals surface area (Å²) < 4.78 is 18.7. The number of piperidine rings is 1. The zero-order valence-corrected chi connectivity index (χ0v) is 13.2. The number of hydrogen-bond acceptors (Lipinski definition) is 4. The lowest BCUT2D eigenvalue weighted by atomic mass is 10.1. The van der Waals surface area contributed by atoms with Gasteiger partial charge in [0.25, 0.3) is 0 Å². The van der Waals surface area contributed by atoms with E-state index in [-0.39, 0.29) is 18.0 Å². The predicted molar refractivity (Wildman–Crippen MR) is 85.9 cm³/mol. The largest absolute Gasteiger partial charge is 0.471 e. The predicted octanol–water partition coefficient (Wildman–Crippen LogP) is 2.37. The molecule has 2 amide bonds. The molecule has 2 aromatic rings. The lowest BCUT2D eigenvalue weighted by Crippen LogP contribution is -2.48. The number of amides is 2. The highest BCUT2D eigenvalue weighted by molar-refractivity contribution is 5.74. The van der Waals surface area contributed by atoms with Gasteiger partial charge in [0.1, 0.15) is 11.9 Å². The molecule has 1 atom stereocenters. The van der Waals surface area contributed by atoms with Gasteiger partial charge >= 0.3 is 6.03 Å². The molecule has 0 unspecified atom stereocenters. The summed E-state index contributed by atoms with van der Waals surface area (Å²) in [5.74, 6) is 0.182. The van der Waals surface area contributed by atoms with Crippen LogP contribution in [0, 0.1) is 5.82 Å². The molecule has 0 bridgehead atoms. The van der Waals surface area contributed by atoms with Gasteiger partial charge < -0.3 is 15.0 Å². The Labute approximate surface area is 139 Å². The molecule has 1 aromatic carbocycles. The number of rotatable bonds is 4. The number of benzene rings is 1. The van der Waals surface area contributed by atoms with E-state index in [9.17, 15) is 9.18 Å². The van der Waals surface area contributed by atoms with Crippen LogP contribution in [0.2, 0.25) is 0 Å². The standard InChI is InChI=1S/C17H19FN4O2/c18-14-5-3-13(4-6-14)10-21-17(23)22-9-1-2-15(12-22)24-16-11-19-7-8-20-16/h3-8,11,15H,1-2,9-10,12H2,(H,21,23)/t15-/m1/s1. The molecule has 1 aliphatic heterocycles. The highest BCUT2D eigenvalue weighted by Gasteiger charge is 2.25. The number of aromatic nitrogens is 2. The topological polar surface area (TPSA) is 67.4 Å². The molecule has 6 nitrogen and oxygen atoms in total. The summed E-state index contributed by atoms with van der Waals surface area (Å²) in [4.78, 5) is 22.1. The number of nitrogens with one attached hydrogen (secondary N) is 1. The number of nitrogens with zero attached hydrogens (tertiary/aromatic N) is 3. The van der Waals surface area contributed by atoms with E-state index in [1.54, 1.807) is 35.6 Å². The van der Waals surface area contributed by atoms with Crippen LogP contribution in [-0.4, -0.2) is 40.1 Å². The monoisotopic (exact) mass is 330 g/mol. The third-order valence-electron chi connectivity index (χ3n) is 3.85. The van der Waals surface area contributed by atoms with Crippen LogP contribution in [0.5, 0.6) is 5.88 Å². The van der Waals surface area contributed by atoms with E-state index < -0.39 is 0 Å². The molecular formula is C17H19FN4O2. The molecule has 24 heavy (non-hydrogen) atoms. The second-order valence-corrected chi connectivity index (χ2v) is 5.66. The smallest absolute Gasteiger partial charge is 0.317 e. The summed E-state index contributed by atoms with van der Waals surface area (Å²) >= 11 is 0. The highest BCUT2D eigenvalue weighted by Crippen LogP contribution is 2.16. The Hall–Kier alpha value is -2.70. The van der Waals surface area contributed by atoms with E-state index >= 15 is 0 Å². The third kappa shape index (κ3) is 4.41. The van der Waals surface area contributed by atoms with Crippen molar-refractivity contribution in [3.05, 3.63) is 54.2 Å². The minimum absolute atomic E-state index is 0.0907. The molecule has 0 spiro atoms. The van der Waals surface area contributed by atoms with E-state index in [1.165, 1.54) is 12.1 Å². The zero-order chi connectivity index (χ0) is 16.8. The Kier molecular flexibility index (Phi) is 5.20. The van der Waals surface area contributed by atoms with Crippen LogP contribution in [0.3, 0.4) is 0 Å². The van der Waals surface area contributed by atoms with Crippen molar-refractivity contribution in [2.75, 3.05) is 13.1 Å². The molecule has 0 saturated carbocycles. The van der Waals surface area contributed by atoms with Crippen molar-refractivity contribution < 1.29 is 13.9 Å². The number of carbonyl (C=O) groups is 1. The van der Waals surface area contributed by atoms with E-state index in [4.69, 9.17) is 4.74 Å². The third-order valence-corrected chi connectivity index (χ3v) is 3.85. The van der Waals surface area contributed by atoms with Crippen LogP contribution in [0.1, 0.15) is 18.4 Å². The Balaban J connectivity index is 1.50. The SMILES string of the molecule is O=C(NCc1ccc(F)cc1)N1CCC[C@@H](Oc2cnccn2)C1. The molecule has 1 fully saturated rings. The first-order valence-electron chi connectivity index (χ1n) is 7.90. The van der Waals surface area contributed by atoms with E-state index in [0.29, 0.717) is 25.5 Å². The van der Waals surface area contributed by atoms with Crippen molar-refractivity contribution in [3.63, 3.8) is 0 Å². The molecule has 7 heteroatoms. The van der Waals surface area contributed by atoms with Crippen molar-refractivity contribution in [1.29, 1.82) is 0 Å². The van der Waals surface area contributed by atoms with Gasteiger partial charge in [-0.1, -0.05) is 12.1 Å². The summed E-state index contributed by atoms with van der Waals surface area (Å²) in [5.41, 5.74) is 0.856. The maximum absolute atomic E-state index is 12.9. The molecular weight excluding hydrogens is 311 g/mol. The minimum Gasteiger partial charge on any atom is -0.471 e. The lowest BCUT2D eigenvalue weighted by molar-refractivity contribution is 0.0974. The summed E-state index contributed by atoms with van der Waals surface area (Å²) in [5, 5.41) is 2.85. The molecule has 126 valence electrons. The van der Waals surface area contributed by atoms with Gasteiger partial charge in [0.15, 0.2) is 0 Å². The molecule has 2 heterocycles. The van der Waals surface area contributed by atoms with Gasteiger partial charge in [-0.25, -0.2) is 14.2 Å². The molecule has 1 aromatic heterocycles. The van der Waals surface area contributed by atoms with E-state index in [2.05, 4.69) is 15.3 Å². The first kappa shape index (κ1) is 16.2. The second-order valence-electron chi connectivity index (χ2n) is 5.66. The van der Waals surface area contributed by atoms with Crippen LogP contribution in [-0.2, 0) is 6.54 Å². The first-order valence-corrected chi connectivity index (χ1v) is 7.90. The number of hydrogen-bond donors (Lipinski definition) is 1. The van der Waals surface area contributed by atoms with Crippen molar-refractivity contribution in [2.45, 2.75) is 25.5 Å². The van der Waals surface area contributed by atoms with Gasteiger partial charge in [0, 0.05) is 25.5 Å². The fourth-order valence-corrected chi connectivity index (χ4v) is 2.63. The van der Waals surface area contributed by atoms with Gasteiger partial charge in [-0.15, -0.1) is 0 Å². The number of carbonyl (C=O) groups excluding carboxylic acids is 1. The minimum atomic E-state index is -0.287. The van der Waals surface area contributed by atoms with Gasteiger partial charge in [-0.05, 0) is 30.5 Å². The molecule has 1 N–H and O–H groups in total. The highest BCUT2D eigenvalue weighted by atomic mass is 19.1. The van der Waals surface area contributed by atoms with Gasteiger partial charge in [0.05, 0.1) is 12.7 Å². The van der Waals surface area contributed by atoms with E-state index in [1.807, 2.05) is 0 Å². The first-order chi connectivity index (χ1) is 11.7. The quantitative estimate of drug-likeness (QED) is 0.934. The summed E-state index contributed by atoms with van der Waals surface area (Å²) in [6, 6.07) is 5.93. The van der Waals surface area contributed by atoms with Crippen LogP contribution in [0.15, 0.2) is 42.9 Å². The Morgan fingerprint density at radius 1 is 1.33 bits per heavy atom. The number of halogens is 1. The number of urea groups is 1. The maximum atomic E-state index is 12.9. The van der Waals surface area contributed by atoms with Crippen molar-refractivity contribution in [1.82, 2.24) is 20.2 Å². The number of likely N-dealkylation sites (tertiary alicyclic amines) is 1. The zero-order valence-electron chi connectivity index (χ0n) is 13.2. The molecule has 1 saturated heterocycles. The summed E-state index contributed by atoms with van der Waals surface area (Å²) in [6.07, 6.45) is 6.38. The van der Waals surface area contributed by atoms with Crippen molar-refractivity contribution in [2.24, 2.45) is 0 Å².